The topological polar surface area (TPSA) is 101 Å². The van der Waals surface area contributed by atoms with E-state index >= 15 is 0 Å². The number of urea groups is 1. The minimum absolute atomic E-state index is 0.103. The number of amides is 3. The van der Waals surface area contributed by atoms with Crippen LogP contribution in [-0.4, -0.2) is 39.3 Å². The Hall–Kier alpha value is -2.12. The van der Waals surface area contributed by atoms with Crippen LogP contribution in [0.4, 0.5) is 4.79 Å². The van der Waals surface area contributed by atoms with Gasteiger partial charge < -0.3 is 20.5 Å². The van der Waals surface area contributed by atoms with E-state index in [1.54, 1.807) is 0 Å². The van der Waals surface area contributed by atoms with Crippen LogP contribution in [0.15, 0.2) is 0 Å². The van der Waals surface area contributed by atoms with Crippen molar-refractivity contribution < 1.29 is 9.59 Å². The van der Waals surface area contributed by atoms with Crippen molar-refractivity contribution >= 4 is 11.9 Å². The van der Waals surface area contributed by atoms with Crippen molar-refractivity contribution in [1.29, 1.82) is 0 Å². The van der Waals surface area contributed by atoms with E-state index in [1.807, 2.05) is 0 Å². The second-order valence-corrected chi connectivity index (χ2v) is 6.16. The molecule has 1 atom stereocenters. The SMILES string of the molecule is O=C(NCc1nnc2n1CCCCC2)NC1CCCCNC1=O. The van der Waals surface area contributed by atoms with Crippen LogP contribution in [-0.2, 0) is 24.3 Å². The molecule has 1 unspecified atom stereocenters. The summed E-state index contributed by atoms with van der Waals surface area (Å²) in [6, 6.07) is -0.786. The van der Waals surface area contributed by atoms with Gasteiger partial charge in [-0.05, 0) is 32.1 Å². The summed E-state index contributed by atoms with van der Waals surface area (Å²) in [5.74, 6) is 1.68. The fourth-order valence-electron chi connectivity index (χ4n) is 3.12. The van der Waals surface area contributed by atoms with E-state index in [1.165, 1.54) is 6.42 Å². The molecule has 1 fully saturated rings. The molecule has 0 spiro atoms. The first-order valence-corrected chi connectivity index (χ1v) is 8.47. The summed E-state index contributed by atoms with van der Waals surface area (Å²) < 4.78 is 2.10. The van der Waals surface area contributed by atoms with E-state index in [9.17, 15) is 9.59 Å². The van der Waals surface area contributed by atoms with Gasteiger partial charge in [0.1, 0.15) is 11.9 Å². The number of hydrogen-bond acceptors (Lipinski definition) is 4. The smallest absolute Gasteiger partial charge is 0.315 e. The first-order chi connectivity index (χ1) is 11.2. The fourth-order valence-corrected chi connectivity index (χ4v) is 3.12. The summed E-state index contributed by atoms with van der Waals surface area (Å²) in [5, 5.41) is 16.7. The Kier molecular flexibility index (Phi) is 5.09. The number of nitrogens with zero attached hydrogens (tertiary/aromatic N) is 3. The first kappa shape index (κ1) is 15.8. The number of carbonyl (C=O) groups is 2. The number of fused-ring (bicyclic) bond motifs is 1. The Morgan fingerprint density at radius 2 is 2.13 bits per heavy atom. The van der Waals surface area contributed by atoms with Gasteiger partial charge in [-0.15, -0.1) is 10.2 Å². The zero-order valence-corrected chi connectivity index (χ0v) is 13.3. The van der Waals surface area contributed by atoms with Gasteiger partial charge in [0.2, 0.25) is 5.91 Å². The fraction of sp³-hybridized carbons (Fsp3) is 0.733. The highest BCUT2D eigenvalue weighted by Crippen LogP contribution is 2.14. The maximum absolute atomic E-state index is 12.0. The third kappa shape index (κ3) is 4.00. The normalized spacial score (nSPS) is 21.6. The van der Waals surface area contributed by atoms with E-state index in [2.05, 4.69) is 30.7 Å². The summed E-state index contributed by atoms with van der Waals surface area (Å²) in [5.41, 5.74) is 0. The van der Waals surface area contributed by atoms with Crippen molar-refractivity contribution in [1.82, 2.24) is 30.7 Å². The molecular weight excluding hydrogens is 296 g/mol. The number of carbonyl (C=O) groups excluding carboxylic acids is 2. The summed E-state index contributed by atoms with van der Waals surface area (Å²) in [6.45, 7) is 1.92. The van der Waals surface area contributed by atoms with Gasteiger partial charge in [0.05, 0.1) is 6.54 Å². The molecular formula is C15H24N6O2. The largest absolute Gasteiger partial charge is 0.354 e. The van der Waals surface area contributed by atoms with Crippen LogP contribution < -0.4 is 16.0 Å². The molecule has 3 heterocycles. The van der Waals surface area contributed by atoms with Crippen molar-refractivity contribution in [3.8, 4) is 0 Å². The number of nitrogens with one attached hydrogen (secondary N) is 3. The van der Waals surface area contributed by atoms with Gasteiger partial charge in [-0.3, -0.25) is 4.79 Å². The monoisotopic (exact) mass is 320 g/mol. The number of rotatable bonds is 3. The molecule has 1 aromatic heterocycles. The van der Waals surface area contributed by atoms with Gasteiger partial charge in [0.15, 0.2) is 5.82 Å². The summed E-state index contributed by atoms with van der Waals surface area (Å²) in [7, 11) is 0. The predicted molar refractivity (Wildman–Crippen MR) is 83.6 cm³/mol. The molecule has 3 N–H and O–H groups in total. The quantitative estimate of drug-likeness (QED) is 0.753. The molecule has 126 valence electrons. The van der Waals surface area contributed by atoms with Gasteiger partial charge in [0, 0.05) is 19.5 Å². The van der Waals surface area contributed by atoms with Crippen molar-refractivity contribution in [3.05, 3.63) is 11.6 Å². The van der Waals surface area contributed by atoms with Gasteiger partial charge in [-0.25, -0.2) is 4.79 Å². The van der Waals surface area contributed by atoms with Crippen molar-refractivity contribution in [2.45, 2.75) is 64.1 Å². The van der Waals surface area contributed by atoms with E-state index in [-0.39, 0.29) is 11.9 Å². The van der Waals surface area contributed by atoms with Crippen molar-refractivity contribution in [2.75, 3.05) is 6.54 Å². The second-order valence-electron chi connectivity index (χ2n) is 6.16. The number of aromatic nitrogens is 3. The van der Waals surface area contributed by atoms with Crippen LogP contribution in [0, 0.1) is 0 Å². The number of aryl methyl sites for hydroxylation is 1. The Balaban J connectivity index is 1.53. The summed E-state index contributed by atoms with van der Waals surface area (Å²) in [4.78, 5) is 23.9. The van der Waals surface area contributed by atoms with E-state index in [0.29, 0.717) is 19.5 Å². The Morgan fingerprint density at radius 3 is 3.04 bits per heavy atom. The molecule has 0 radical (unpaired) electrons. The lowest BCUT2D eigenvalue weighted by molar-refractivity contribution is -0.122. The Bertz CT molecular complexity index is 570. The molecule has 1 saturated heterocycles. The van der Waals surface area contributed by atoms with Crippen LogP contribution >= 0.6 is 0 Å². The molecule has 3 rings (SSSR count). The average molecular weight is 320 g/mol. The van der Waals surface area contributed by atoms with E-state index in [4.69, 9.17) is 0 Å². The molecule has 23 heavy (non-hydrogen) atoms. The molecule has 2 aliphatic rings. The Labute approximate surface area is 135 Å². The van der Waals surface area contributed by atoms with Crippen LogP contribution in [0.1, 0.15) is 50.2 Å². The molecule has 2 aliphatic heterocycles. The van der Waals surface area contributed by atoms with Crippen LogP contribution in [0.3, 0.4) is 0 Å². The predicted octanol–water partition coefficient (Wildman–Crippen LogP) is 0.472. The van der Waals surface area contributed by atoms with E-state index < -0.39 is 6.04 Å². The van der Waals surface area contributed by atoms with Crippen molar-refractivity contribution in [2.24, 2.45) is 0 Å². The first-order valence-electron chi connectivity index (χ1n) is 8.47. The maximum Gasteiger partial charge on any atom is 0.315 e. The maximum atomic E-state index is 12.0. The molecule has 8 nitrogen and oxygen atoms in total. The lowest BCUT2D eigenvalue weighted by Gasteiger charge is -2.15. The zero-order valence-electron chi connectivity index (χ0n) is 13.3. The third-order valence-electron chi connectivity index (χ3n) is 4.43. The lowest BCUT2D eigenvalue weighted by atomic mass is 10.1. The van der Waals surface area contributed by atoms with E-state index in [0.717, 1.165) is 50.3 Å². The molecule has 0 aromatic carbocycles. The minimum atomic E-state index is -0.451. The standard InChI is InChI=1S/C15H24N6O2/c22-14-11(6-3-4-8-16-14)18-15(23)17-10-13-20-19-12-7-2-1-5-9-21(12)13/h11H,1-10H2,(H,16,22)(H2,17,18,23). The number of hydrogen-bond donors (Lipinski definition) is 3. The van der Waals surface area contributed by atoms with Gasteiger partial charge in [0.25, 0.3) is 0 Å². The highest BCUT2D eigenvalue weighted by molar-refractivity contribution is 5.87. The molecule has 3 amide bonds. The lowest BCUT2D eigenvalue weighted by Crippen LogP contribution is -2.49. The zero-order chi connectivity index (χ0) is 16.1. The van der Waals surface area contributed by atoms with Crippen LogP contribution in [0.25, 0.3) is 0 Å². The molecule has 0 bridgehead atoms. The van der Waals surface area contributed by atoms with Gasteiger partial charge in [-0.1, -0.05) is 6.42 Å². The average Bonchev–Trinajstić information content (AvgIpc) is 2.70. The molecule has 1 aromatic rings. The minimum Gasteiger partial charge on any atom is -0.354 e. The Morgan fingerprint density at radius 1 is 1.22 bits per heavy atom. The summed E-state index contributed by atoms with van der Waals surface area (Å²) >= 11 is 0. The second kappa shape index (κ2) is 7.43. The van der Waals surface area contributed by atoms with Gasteiger partial charge in [-0.2, -0.15) is 0 Å². The van der Waals surface area contributed by atoms with Crippen LogP contribution in [0.2, 0.25) is 0 Å². The van der Waals surface area contributed by atoms with Gasteiger partial charge >= 0.3 is 6.03 Å². The van der Waals surface area contributed by atoms with Crippen LogP contribution in [0.5, 0.6) is 0 Å². The molecule has 8 heteroatoms. The summed E-state index contributed by atoms with van der Waals surface area (Å²) in [6.07, 6.45) is 6.97. The highest BCUT2D eigenvalue weighted by Gasteiger charge is 2.22. The van der Waals surface area contributed by atoms with Crippen molar-refractivity contribution in [3.63, 3.8) is 0 Å². The molecule has 0 aliphatic carbocycles. The molecule has 0 saturated carbocycles. The highest BCUT2D eigenvalue weighted by atomic mass is 16.2. The third-order valence-corrected chi connectivity index (χ3v) is 4.43.